The van der Waals surface area contributed by atoms with Crippen molar-refractivity contribution >= 4 is 27.9 Å². The Balaban J connectivity index is 2.76. The monoisotopic (exact) mass is 266 g/mol. The van der Waals surface area contributed by atoms with E-state index in [0.717, 1.165) is 19.4 Å². The van der Waals surface area contributed by atoms with E-state index in [4.69, 9.17) is 16.7 Å². The zero-order valence-electron chi connectivity index (χ0n) is 10.6. The fourth-order valence-corrected chi connectivity index (χ4v) is 2.56. The molecule has 0 aromatic carbocycles. The quantitative estimate of drug-likeness (QED) is 0.686. The lowest BCUT2D eigenvalue weighted by molar-refractivity contribution is 0.100. The first-order valence-corrected chi connectivity index (χ1v) is 6.65. The first-order chi connectivity index (χ1) is 8.47. The van der Waals surface area contributed by atoms with Gasteiger partial charge in [-0.2, -0.15) is 5.26 Å². The van der Waals surface area contributed by atoms with Crippen molar-refractivity contribution in [2.75, 3.05) is 17.6 Å². The molecule has 0 aliphatic rings. The number of nitriles is 1. The largest absolute Gasteiger partial charge is 0.396 e. The van der Waals surface area contributed by atoms with Gasteiger partial charge in [0.1, 0.15) is 15.9 Å². The zero-order chi connectivity index (χ0) is 13.7. The second-order valence-corrected chi connectivity index (χ2v) is 5.51. The molecule has 0 aliphatic carbocycles. The molecule has 0 atom stereocenters. The van der Waals surface area contributed by atoms with E-state index in [1.807, 2.05) is 6.07 Å². The number of nitrogens with zero attached hydrogens (tertiary/aromatic N) is 1. The molecule has 5 N–H and O–H groups in total. The maximum Gasteiger partial charge on any atom is 0.253 e. The second kappa shape index (κ2) is 6.26. The Morgan fingerprint density at radius 2 is 2.22 bits per heavy atom. The van der Waals surface area contributed by atoms with Crippen molar-refractivity contribution in [2.24, 2.45) is 11.7 Å². The fraction of sp³-hybridized carbons (Fsp3) is 0.500. The fourth-order valence-electron chi connectivity index (χ4n) is 1.61. The maximum atomic E-state index is 11.3. The molecule has 0 aliphatic heterocycles. The van der Waals surface area contributed by atoms with Crippen LogP contribution in [0.3, 0.4) is 0 Å². The summed E-state index contributed by atoms with van der Waals surface area (Å²) in [4.78, 5) is 11.6. The summed E-state index contributed by atoms with van der Waals surface area (Å²) in [5.74, 6) is 0.0436. The Hall–Kier alpha value is -1.74. The van der Waals surface area contributed by atoms with Crippen LogP contribution < -0.4 is 16.8 Å². The summed E-state index contributed by atoms with van der Waals surface area (Å²) in [5.41, 5.74) is 11.4. The van der Waals surface area contributed by atoms with Gasteiger partial charge in [-0.3, -0.25) is 4.79 Å². The van der Waals surface area contributed by atoms with Crippen LogP contribution in [0.1, 0.15) is 41.9 Å². The van der Waals surface area contributed by atoms with Crippen LogP contribution in [0, 0.1) is 17.2 Å². The lowest BCUT2D eigenvalue weighted by Gasteiger charge is -2.07. The summed E-state index contributed by atoms with van der Waals surface area (Å²) < 4.78 is 0. The summed E-state index contributed by atoms with van der Waals surface area (Å²) in [5, 5.41) is 12.6. The summed E-state index contributed by atoms with van der Waals surface area (Å²) in [6, 6.07) is 1.97. The number of anilines is 2. The first-order valence-electron chi connectivity index (χ1n) is 5.83. The van der Waals surface area contributed by atoms with Gasteiger partial charge in [-0.15, -0.1) is 11.3 Å². The minimum Gasteiger partial charge on any atom is -0.396 e. The number of hydrogen-bond acceptors (Lipinski definition) is 5. The van der Waals surface area contributed by atoms with Crippen LogP contribution in [-0.2, 0) is 0 Å². The van der Waals surface area contributed by atoms with Crippen LogP contribution in [0.2, 0.25) is 0 Å². The average molecular weight is 266 g/mol. The van der Waals surface area contributed by atoms with Crippen LogP contribution in [0.5, 0.6) is 0 Å². The normalized spacial score (nSPS) is 10.3. The molecule has 6 heteroatoms. The second-order valence-electron chi connectivity index (χ2n) is 4.49. The Morgan fingerprint density at radius 3 is 2.72 bits per heavy atom. The van der Waals surface area contributed by atoms with E-state index < -0.39 is 5.91 Å². The number of rotatable bonds is 6. The number of primary amides is 1. The topological polar surface area (TPSA) is 105 Å². The number of thiophene rings is 1. The lowest BCUT2D eigenvalue weighted by atomic mass is 10.1. The van der Waals surface area contributed by atoms with E-state index in [2.05, 4.69) is 19.2 Å². The molecule has 0 unspecified atom stereocenters. The summed E-state index contributed by atoms with van der Waals surface area (Å²) in [6.45, 7) is 5.06. The highest BCUT2D eigenvalue weighted by atomic mass is 32.1. The lowest BCUT2D eigenvalue weighted by Crippen LogP contribution is -2.15. The van der Waals surface area contributed by atoms with Crippen molar-refractivity contribution in [2.45, 2.75) is 26.7 Å². The van der Waals surface area contributed by atoms with Crippen LogP contribution in [0.4, 0.5) is 10.7 Å². The third-order valence-electron chi connectivity index (χ3n) is 2.54. The highest BCUT2D eigenvalue weighted by Gasteiger charge is 2.19. The smallest absolute Gasteiger partial charge is 0.253 e. The molecule has 1 heterocycles. The standard InChI is InChI=1S/C12H18N4OS/c1-7(2)4-3-5-16-12-9(11(15)17)10(14)8(6-13)18-12/h7,16H,3-5,14H2,1-2H3,(H2,15,17). The number of nitrogens with two attached hydrogens (primary N) is 2. The molecule has 1 aromatic heterocycles. The minimum atomic E-state index is -0.600. The van der Waals surface area contributed by atoms with E-state index >= 15 is 0 Å². The summed E-state index contributed by atoms with van der Waals surface area (Å²) >= 11 is 1.18. The Morgan fingerprint density at radius 1 is 1.56 bits per heavy atom. The summed E-state index contributed by atoms with van der Waals surface area (Å²) in [7, 11) is 0. The number of amides is 1. The highest BCUT2D eigenvalue weighted by Crippen LogP contribution is 2.34. The van der Waals surface area contributed by atoms with Gasteiger partial charge in [0.25, 0.3) is 5.91 Å². The van der Waals surface area contributed by atoms with Crippen molar-refractivity contribution in [3.05, 3.63) is 10.4 Å². The van der Waals surface area contributed by atoms with Gasteiger partial charge >= 0.3 is 0 Å². The molecule has 5 nitrogen and oxygen atoms in total. The average Bonchev–Trinajstić information content (AvgIpc) is 2.61. The third kappa shape index (κ3) is 3.37. The molecule has 0 fully saturated rings. The van der Waals surface area contributed by atoms with Crippen LogP contribution >= 0.6 is 11.3 Å². The van der Waals surface area contributed by atoms with E-state index in [0.29, 0.717) is 15.8 Å². The first kappa shape index (κ1) is 14.3. The predicted molar refractivity (Wildman–Crippen MR) is 74.5 cm³/mol. The molecule has 0 bridgehead atoms. The van der Waals surface area contributed by atoms with E-state index in [1.54, 1.807) is 0 Å². The molecule has 0 saturated carbocycles. The molecule has 0 radical (unpaired) electrons. The molecule has 0 spiro atoms. The van der Waals surface area contributed by atoms with Gasteiger partial charge in [-0.05, 0) is 18.8 Å². The molecule has 1 aromatic rings. The van der Waals surface area contributed by atoms with Gasteiger partial charge in [0.2, 0.25) is 0 Å². The van der Waals surface area contributed by atoms with Gasteiger partial charge < -0.3 is 16.8 Å². The van der Waals surface area contributed by atoms with Crippen molar-refractivity contribution in [3.63, 3.8) is 0 Å². The molecule has 1 amide bonds. The Labute approximate surface area is 111 Å². The number of nitrogens with one attached hydrogen (secondary N) is 1. The molecular formula is C12H18N4OS. The molecular weight excluding hydrogens is 248 g/mol. The predicted octanol–water partition coefficient (Wildman–Crippen LogP) is 2.15. The molecule has 1 rings (SSSR count). The van der Waals surface area contributed by atoms with Gasteiger partial charge in [0.15, 0.2) is 0 Å². The number of nitrogen functional groups attached to an aromatic ring is 1. The van der Waals surface area contributed by atoms with Gasteiger partial charge in [-0.25, -0.2) is 0 Å². The van der Waals surface area contributed by atoms with Crippen molar-refractivity contribution in [3.8, 4) is 6.07 Å². The van der Waals surface area contributed by atoms with Gasteiger partial charge in [0.05, 0.1) is 11.3 Å². The zero-order valence-corrected chi connectivity index (χ0v) is 11.4. The SMILES string of the molecule is CC(C)CCCNc1sc(C#N)c(N)c1C(N)=O. The summed E-state index contributed by atoms with van der Waals surface area (Å²) in [6.07, 6.45) is 2.10. The number of carbonyl (C=O) groups excluding carboxylic acids is 1. The number of hydrogen-bond donors (Lipinski definition) is 3. The van der Waals surface area contributed by atoms with Crippen LogP contribution in [0.15, 0.2) is 0 Å². The maximum absolute atomic E-state index is 11.3. The van der Waals surface area contributed by atoms with Crippen molar-refractivity contribution in [1.82, 2.24) is 0 Å². The van der Waals surface area contributed by atoms with Crippen LogP contribution in [-0.4, -0.2) is 12.5 Å². The highest BCUT2D eigenvalue weighted by molar-refractivity contribution is 7.17. The number of carbonyl (C=O) groups is 1. The van der Waals surface area contributed by atoms with Gasteiger partial charge in [0, 0.05) is 6.54 Å². The van der Waals surface area contributed by atoms with Crippen LogP contribution in [0.25, 0.3) is 0 Å². The van der Waals surface area contributed by atoms with Gasteiger partial charge in [-0.1, -0.05) is 13.8 Å². The molecule has 18 heavy (non-hydrogen) atoms. The Kier molecular flexibility index (Phi) is 4.98. The van der Waals surface area contributed by atoms with E-state index in [-0.39, 0.29) is 11.3 Å². The molecule has 98 valence electrons. The third-order valence-corrected chi connectivity index (χ3v) is 3.60. The van der Waals surface area contributed by atoms with E-state index in [1.165, 1.54) is 11.3 Å². The van der Waals surface area contributed by atoms with E-state index in [9.17, 15) is 4.79 Å². The minimum absolute atomic E-state index is 0.182. The van der Waals surface area contributed by atoms with Crippen molar-refractivity contribution < 1.29 is 4.79 Å². The van der Waals surface area contributed by atoms with Crippen molar-refractivity contribution in [1.29, 1.82) is 5.26 Å². The Bertz CT molecular complexity index is 473. The molecule has 0 saturated heterocycles.